The SMILES string of the molecule is OCc1cn(-c2ccc(NCCc3ccc4c(c3)CCO4)cc2)nn1. The van der Waals surface area contributed by atoms with Crippen LogP contribution >= 0.6 is 0 Å². The van der Waals surface area contributed by atoms with E-state index in [2.05, 4.69) is 33.8 Å². The molecular weight excluding hydrogens is 316 g/mol. The lowest BCUT2D eigenvalue weighted by Crippen LogP contribution is -2.05. The number of aliphatic hydroxyl groups excluding tert-OH is 1. The second kappa shape index (κ2) is 6.94. The fourth-order valence-electron chi connectivity index (χ4n) is 2.98. The van der Waals surface area contributed by atoms with Gasteiger partial charge < -0.3 is 15.2 Å². The smallest absolute Gasteiger partial charge is 0.122 e. The third-order valence-electron chi connectivity index (χ3n) is 4.33. The van der Waals surface area contributed by atoms with Crippen LogP contribution in [0.4, 0.5) is 5.69 Å². The minimum Gasteiger partial charge on any atom is -0.493 e. The molecule has 0 unspecified atom stereocenters. The second-order valence-corrected chi connectivity index (χ2v) is 6.08. The van der Waals surface area contributed by atoms with Crippen molar-refractivity contribution in [3.63, 3.8) is 0 Å². The molecule has 1 aliphatic heterocycles. The standard InChI is InChI=1S/C19H20N4O2/c24-13-17-12-23(22-21-17)18-4-2-16(3-5-18)20-9-7-14-1-6-19-15(11-14)8-10-25-19/h1-6,11-12,20,24H,7-10,13H2. The first-order chi connectivity index (χ1) is 12.3. The lowest BCUT2D eigenvalue weighted by atomic mass is 10.1. The Balaban J connectivity index is 1.34. The van der Waals surface area contributed by atoms with Gasteiger partial charge in [-0.05, 0) is 47.9 Å². The normalized spacial score (nSPS) is 12.7. The maximum Gasteiger partial charge on any atom is 0.122 e. The molecule has 128 valence electrons. The van der Waals surface area contributed by atoms with Gasteiger partial charge in [-0.2, -0.15) is 0 Å². The number of rotatable bonds is 6. The number of aliphatic hydroxyl groups is 1. The van der Waals surface area contributed by atoms with Gasteiger partial charge in [-0.15, -0.1) is 5.10 Å². The van der Waals surface area contributed by atoms with Gasteiger partial charge in [0, 0.05) is 18.7 Å². The van der Waals surface area contributed by atoms with Crippen LogP contribution in [0.5, 0.6) is 5.75 Å². The molecule has 2 N–H and O–H groups in total. The van der Waals surface area contributed by atoms with Crippen molar-refractivity contribution in [2.45, 2.75) is 19.4 Å². The molecule has 1 aromatic heterocycles. The van der Waals surface area contributed by atoms with Gasteiger partial charge >= 0.3 is 0 Å². The highest BCUT2D eigenvalue weighted by atomic mass is 16.5. The molecule has 2 heterocycles. The number of nitrogens with zero attached hydrogens (tertiary/aromatic N) is 3. The van der Waals surface area contributed by atoms with Crippen LogP contribution < -0.4 is 10.1 Å². The molecule has 3 aromatic rings. The molecule has 0 atom stereocenters. The van der Waals surface area contributed by atoms with E-state index in [4.69, 9.17) is 9.84 Å². The molecular formula is C19H20N4O2. The third kappa shape index (κ3) is 3.49. The molecule has 4 rings (SSSR count). The van der Waals surface area contributed by atoms with E-state index in [1.807, 2.05) is 24.3 Å². The summed E-state index contributed by atoms with van der Waals surface area (Å²) in [7, 11) is 0. The summed E-state index contributed by atoms with van der Waals surface area (Å²) in [6.07, 6.45) is 3.70. The van der Waals surface area contributed by atoms with Crippen molar-refractivity contribution in [3.8, 4) is 11.4 Å². The van der Waals surface area contributed by atoms with E-state index in [-0.39, 0.29) is 6.61 Å². The van der Waals surface area contributed by atoms with Crippen LogP contribution in [0, 0.1) is 0 Å². The lowest BCUT2D eigenvalue weighted by Gasteiger charge is -2.08. The van der Waals surface area contributed by atoms with Crippen LogP contribution in [0.3, 0.4) is 0 Å². The Morgan fingerprint density at radius 3 is 2.84 bits per heavy atom. The van der Waals surface area contributed by atoms with Crippen molar-refractivity contribution in [1.82, 2.24) is 15.0 Å². The van der Waals surface area contributed by atoms with E-state index in [0.29, 0.717) is 5.69 Å². The Kier molecular flexibility index (Phi) is 4.35. The van der Waals surface area contributed by atoms with E-state index in [9.17, 15) is 0 Å². The molecule has 0 saturated heterocycles. The molecule has 0 aliphatic carbocycles. The summed E-state index contributed by atoms with van der Waals surface area (Å²) in [6, 6.07) is 14.5. The first-order valence-corrected chi connectivity index (χ1v) is 8.43. The number of aromatic nitrogens is 3. The van der Waals surface area contributed by atoms with Gasteiger partial charge in [0.2, 0.25) is 0 Å². The lowest BCUT2D eigenvalue weighted by molar-refractivity contribution is 0.276. The predicted molar refractivity (Wildman–Crippen MR) is 95.1 cm³/mol. The summed E-state index contributed by atoms with van der Waals surface area (Å²) in [5, 5.41) is 20.4. The van der Waals surface area contributed by atoms with E-state index in [1.165, 1.54) is 11.1 Å². The molecule has 6 heteroatoms. The van der Waals surface area contributed by atoms with E-state index >= 15 is 0 Å². The van der Waals surface area contributed by atoms with Gasteiger partial charge in [0.05, 0.1) is 25.1 Å². The van der Waals surface area contributed by atoms with Crippen molar-refractivity contribution < 1.29 is 9.84 Å². The third-order valence-corrected chi connectivity index (χ3v) is 4.33. The van der Waals surface area contributed by atoms with Crippen LogP contribution in [-0.2, 0) is 19.4 Å². The number of benzene rings is 2. The maximum absolute atomic E-state index is 9.05. The average molecular weight is 336 g/mol. The Bertz CT molecular complexity index is 858. The summed E-state index contributed by atoms with van der Waals surface area (Å²) in [6.45, 7) is 1.57. The van der Waals surface area contributed by atoms with E-state index < -0.39 is 0 Å². The molecule has 0 spiro atoms. The van der Waals surface area contributed by atoms with Crippen LogP contribution in [0.25, 0.3) is 5.69 Å². The molecule has 2 aromatic carbocycles. The highest BCUT2D eigenvalue weighted by Gasteiger charge is 2.11. The number of hydrogen-bond donors (Lipinski definition) is 2. The second-order valence-electron chi connectivity index (χ2n) is 6.08. The average Bonchev–Trinajstić information content (AvgIpc) is 3.31. The monoisotopic (exact) mass is 336 g/mol. The fraction of sp³-hybridized carbons (Fsp3) is 0.263. The number of fused-ring (bicyclic) bond motifs is 1. The van der Waals surface area contributed by atoms with Crippen molar-refractivity contribution in [3.05, 3.63) is 65.5 Å². The zero-order valence-corrected chi connectivity index (χ0v) is 13.9. The molecule has 0 amide bonds. The maximum atomic E-state index is 9.05. The Hall–Kier alpha value is -2.86. The quantitative estimate of drug-likeness (QED) is 0.723. The van der Waals surface area contributed by atoms with Gasteiger partial charge in [-0.25, -0.2) is 4.68 Å². The summed E-state index contributed by atoms with van der Waals surface area (Å²) in [4.78, 5) is 0. The fourth-order valence-corrected chi connectivity index (χ4v) is 2.98. The minimum absolute atomic E-state index is 0.103. The molecule has 6 nitrogen and oxygen atoms in total. The van der Waals surface area contributed by atoms with Gasteiger partial charge in [-0.3, -0.25) is 0 Å². The highest BCUT2D eigenvalue weighted by molar-refractivity contribution is 5.48. The molecule has 0 radical (unpaired) electrons. The van der Waals surface area contributed by atoms with Gasteiger partial charge in [0.25, 0.3) is 0 Å². The Morgan fingerprint density at radius 1 is 1.16 bits per heavy atom. The van der Waals surface area contributed by atoms with Gasteiger partial charge in [0.15, 0.2) is 0 Å². The van der Waals surface area contributed by atoms with Gasteiger partial charge in [-0.1, -0.05) is 17.3 Å². The predicted octanol–water partition coefficient (Wildman–Crippen LogP) is 2.35. The number of hydrogen-bond acceptors (Lipinski definition) is 5. The van der Waals surface area contributed by atoms with E-state index in [0.717, 1.165) is 43.1 Å². The van der Waals surface area contributed by atoms with Crippen molar-refractivity contribution in [1.29, 1.82) is 0 Å². The van der Waals surface area contributed by atoms with Gasteiger partial charge in [0.1, 0.15) is 11.4 Å². The zero-order chi connectivity index (χ0) is 17.1. The molecule has 1 aliphatic rings. The summed E-state index contributed by atoms with van der Waals surface area (Å²) in [5.41, 5.74) is 5.18. The number of nitrogens with one attached hydrogen (secondary N) is 1. The Morgan fingerprint density at radius 2 is 2.04 bits per heavy atom. The van der Waals surface area contributed by atoms with E-state index in [1.54, 1.807) is 10.9 Å². The summed E-state index contributed by atoms with van der Waals surface area (Å²) >= 11 is 0. The van der Waals surface area contributed by atoms with Crippen molar-refractivity contribution >= 4 is 5.69 Å². The first-order valence-electron chi connectivity index (χ1n) is 8.43. The molecule has 0 saturated carbocycles. The van der Waals surface area contributed by atoms with Crippen molar-refractivity contribution in [2.75, 3.05) is 18.5 Å². The minimum atomic E-state index is -0.103. The van der Waals surface area contributed by atoms with Crippen LogP contribution in [0.1, 0.15) is 16.8 Å². The molecule has 0 bridgehead atoms. The molecule has 0 fully saturated rings. The van der Waals surface area contributed by atoms with Crippen molar-refractivity contribution in [2.24, 2.45) is 0 Å². The van der Waals surface area contributed by atoms with Crippen LogP contribution in [0.2, 0.25) is 0 Å². The van der Waals surface area contributed by atoms with Crippen LogP contribution in [-0.4, -0.2) is 33.3 Å². The largest absolute Gasteiger partial charge is 0.493 e. The highest BCUT2D eigenvalue weighted by Crippen LogP contribution is 2.26. The number of ether oxygens (including phenoxy) is 1. The Labute approximate surface area is 146 Å². The zero-order valence-electron chi connectivity index (χ0n) is 13.9. The topological polar surface area (TPSA) is 72.2 Å². The number of anilines is 1. The summed E-state index contributed by atoms with van der Waals surface area (Å²) in [5.74, 6) is 1.03. The first kappa shape index (κ1) is 15.7. The molecule has 25 heavy (non-hydrogen) atoms. The summed E-state index contributed by atoms with van der Waals surface area (Å²) < 4.78 is 7.20. The van der Waals surface area contributed by atoms with Crippen LogP contribution in [0.15, 0.2) is 48.7 Å².